The first-order chi connectivity index (χ1) is 8.67. The van der Waals surface area contributed by atoms with Gasteiger partial charge >= 0.3 is 0 Å². The second-order valence-corrected chi connectivity index (χ2v) is 5.66. The Morgan fingerprint density at radius 3 is 2.83 bits per heavy atom. The molecule has 0 atom stereocenters. The van der Waals surface area contributed by atoms with Gasteiger partial charge in [0.1, 0.15) is 16.5 Å². The maximum absolute atomic E-state index is 11.6. The van der Waals surface area contributed by atoms with Gasteiger partial charge in [-0.25, -0.2) is 4.98 Å². The monoisotopic (exact) mass is 316 g/mol. The number of hydrogen-bond acceptors (Lipinski definition) is 4. The lowest BCUT2D eigenvalue weighted by Gasteiger charge is -2.01. The molecule has 0 radical (unpaired) electrons. The van der Waals surface area contributed by atoms with Crippen molar-refractivity contribution in [3.8, 4) is 6.07 Å². The summed E-state index contributed by atoms with van der Waals surface area (Å²) in [5.74, 6) is 0. The Balaban J connectivity index is 2.46. The van der Waals surface area contributed by atoms with Gasteiger partial charge in [0, 0.05) is 15.2 Å². The molecule has 0 saturated heterocycles. The highest BCUT2D eigenvalue weighted by molar-refractivity contribution is 9.10. The number of aromatic nitrogens is 1. The fraction of sp³-hybridized carbons (Fsp3) is 0. The molecule has 0 unspecified atom stereocenters. The van der Waals surface area contributed by atoms with E-state index in [1.165, 1.54) is 0 Å². The molecule has 86 valence electrons. The molecule has 3 rings (SSSR count). The van der Waals surface area contributed by atoms with Crippen LogP contribution in [0.4, 0.5) is 0 Å². The molecule has 3 nitrogen and oxygen atoms in total. The topological polar surface area (TPSA) is 53.8 Å². The van der Waals surface area contributed by atoms with E-state index in [1.807, 2.05) is 30.3 Å². The number of halogens is 1. The fourth-order valence-electron chi connectivity index (χ4n) is 1.77. The van der Waals surface area contributed by atoms with E-state index in [-0.39, 0.29) is 10.3 Å². The van der Waals surface area contributed by atoms with Gasteiger partial charge in [-0.2, -0.15) is 5.26 Å². The summed E-state index contributed by atoms with van der Waals surface area (Å²) in [7, 11) is 0. The fourth-order valence-corrected chi connectivity index (χ4v) is 2.91. The quantitative estimate of drug-likeness (QED) is 0.597. The predicted molar refractivity (Wildman–Crippen MR) is 75.8 cm³/mol. The van der Waals surface area contributed by atoms with E-state index >= 15 is 0 Å². The van der Waals surface area contributed by atoms with Crippen molar-refractivity contribution in [1.82, 2.24) is 4.98 Å². The van der Waals surface area contributed by atoms with Crippen molar-refractivity contribution in [2.24, 2.45) is 0 Å². The van der Waals surface area contributed by atoms with Crippen molar-refractivity contribution in [3.05, 3.63) is 49.9 Å². The lowest BCUT2D eigenvalue weighted by Crippen LogP contribution is -1.99. The van der Waals surface area contributed by atoms with Crippen molar-refractivity contribution in [3.63, 3.8) is 0 Å². The molecule has 0 aliphatic rings. The van der Waals surface area contributed by atoms with Crippen LogP contribution in [-0.4, -0.2) is 4.98 Å². The van der Waals surface area contributed by atoms with Crippen LogP contribution in [0, 0.1) is 11.3 Å². The van der Waals surface area contributed by atoms with Crippen LogP contribution in [0.2, 0.25) is 0 Å². The first-order valence-electron chi connectivity index (χ1n) is 5.11. The van der Waals surface area contributed by atoms with Gasteiger partial charge in [-0.15, -0.1) is 0 Å². The molecule has 0 fully saturated rings. The summed E-state index contributed by atoms with van der Waals surface area (Å²) in [4.78, 5) is 16.7. The Morgan fingerprint density at radius 1 is 1.22 bits per heavy atom. The minimum absolute atomic E-state index is 0.170. The van der Waals surface area contributed by atoms with E-state index in [0.29, 0.717) is 4.83 Å². The zero-order chi connectivity index (χ0) is 12.7. The summed E-state index contributed by atoms with van der Waals surface area (Å²) in [5.41, 5.74) is 1.01. The van der Waals surface area contributed by atoms with Gasteiger partial charge in [0.25, 0.3) is 4.74 Å². The molecule has 2 heterocycles. The molecule has 0 aliphatic heterocycles. The van der Waals surface area contributed by atoms with Crippen molar-refractivity contribution < 1.29 is 0 Å². The Morgan fingerprint density at radius 2 is 2.06 bits per heavy atom. The Kier molecular flexibility index (Phi) is 2.62. The third-order valence-electron chi connectivity index (χ3n) is 2.60. The number of nitrogens with zero attached hydrogens (tertiary/aromatic N) is 2. The SMILES string of the molecule is N#Cc1cc2cc3cc(Br)ccc3nc2sc1=O. The van der Waals surface area contributed by atoms with Crippen molar-refractivity contribution in [2.75, 3.05) is 0 Å². The van der Waals surface area contributed by atoms with E-state index in [1.54, 1.807) is 6.07 Å². The van der Waals surface area contributed by atoms with E-state index in [9.17, 15) is 4.79 Å². The molecule has 5 heteroatoms. The Bertz CT molecular complexity index is 880. The van der Waals surface area contributed by atoms with Gasteiger partial charge in [-0.3, -0.25) is 4.79 Å². The number of pyridine rings is 1. The minimum atomic E-state index is -0.242. The summed E-state index contributed by atoms with van der Waals surface area (Å²) in [5, 5.41) is 10.7. The van der Waals surface area contributed by atoms with Crippen molar-refractivity contribution in [2.45, 2.75) is 0 Å². The molecule has 18 heavy (non-hydrogen) atoms. The van der Waals surface area contributed by atoms with Crippen LogP contribution in [0.25, 0.3) is 21.1 Å². The van der Waals surface area contributed by atoms with Gasteiger partial charge in [0.2, 0.25) is 0 Å². The largest absolute Gasteiger partial charge is 0.276 e. The molecule has 0 saturated carbocycles. The minimum Gasteiger partial charge on any atom is -0.276 e. The molecule has 0 aliphatic carbocycles. The predicted octanol–water partition coefficient (Wildman–Crippen LogP) is 3.44. The van der Waals surface area contributed by atoms with E-state index in [0.717, 1.165) is 32.1 Å². The maximum Gasteiger partial charge on any atom is 0.252 e. The zero-order valence-corrected chi connectivity index (χ0v) is 11.4. The summed E-state index contributed by atoms with van der Waals surface area (Å²) in [6.45, 7) is 0. The second kappa shape index (κ2) is 4.16. The van der Waals surface area contributed by atoms with E-state index in [4.69, 9.17) is 5.26 Å². The van der Waals surface area contributed by atoms with Crippen molar-refractivity contribution >= 4 is 48.4 Å². The average molecular weight is 317 g/mol. The highest BCUT2D eigenvalue weighted by atomic mass is 79.9. The number of benzene rings is 1. The molecule has 1 aromatic carbocycles. The maximum atomic E-state index is 11.6. The van der Waals surface area contributed by atoms with E-state index < -0.39 is 0 Å². The average Bonchev–Trinajstić information content (AvgIpc) is 2.36. The normalized spacial score (nSPS) is 10.7. The molecule has 0 bridgehead atoms. The Labute approximate surface area is 114 Å². The summed E-state index contributed by atoms with van der Waals surface area (Å²) < 4.78 is 0.731. The lowest BCUT2D eigenvalue weighted by molar-refractivity contribution is 1.48. The molecule has 0 N–H and O–H groups in total. The summed E-state index contributed by atoms with van der Waals surface area (Å²) >= 11 is 4.42. The number of nitriles is 1. The van der Waals surface area contributed by atoms with Crippen LogP contribution in [0.1, 0.15) is 5.56 Å². The van der Waals surface area contributed by atoms with Gasteiger partial charge < -0.3 is 0 Å². The van der Waals surface area contributed by atoms with E-state index in [2.05, 4.69) is 20.9 Å². The van der Waals surface area contributed by atoms with Gasteiger partial charge in [0.15, 0.2) is 0 Å². The highest BCUT2D eigenvalue weighted by Crippen LogP contribution is 2.24. The standard InChI is InChI=1S/C13H5BrN2OS/c14-10-1-2-11-7(5-10)3-8-4-9(6-15)13(17)18-12(8)16-11/h1-5H. The lowest BCUT2D eigenvalue weighted by atomic mass is 10.2. The highest BCUT2D eigenvalue weighted by Gasteiger charge is 2.06. The summed E-state index contributed by atoms with van der Waals surface area (Å²) in [6, 6.07) is 11.2. The first kappa shape index (κ1) is 11.3. The van der Waals surface area contributed by atoms with Crippen LogP contribution in [0.5, 0.6) is 0 Å². The van der Waals surface area contributed by atoms with Crippen LogP contribution >= 0.6 is 27.3 Å². The molecule has 3 aromatic rings. The van der Waals surface area contributed by atoms with Crippen molar-refractivity contribution in [1.29, 1.82) is 5.26 Å². The first-order valence-corrected chi connectivity index (χ1v) is 6.72. The smallest absolute Gasteiger partial charge is 0.252 e. The Hall–Kier alpha value is -1.77. The number of rotatable bonds is 0. The zero-order valence-electron chi connectivity index (χ0n) is 8.98. The second-order valence-electron chi connectivity index (χ2n) is 3.78. The molecule has 0 spiro atoms. The van der Waals surface area contributed by atoms with Crippen LogP contribution in [-0.2, 0) is 0 Å². The van der Waals surface area contributed by atoms with Crippen LogP contribution in [0.3, 0.4) is 0 Å². The van der Waals surface area contributed by atoms with Gasteiger partial charge in [-0.1, -0.05) is 27.3 Å². The molecule has 2 aromatic heterocycles. The molecule has 0 amide bonds. The third kappa shape index (κ3) is 1.80. The van der Waals surface area contributed by atoms with Crippen LogP contribution < -0.4 is 4.74 Å². The van der Waals surface area contributed by atoms with Gasteiger partial charge in [0.05, 0.1) is 5.52 Å². The number of fused-ring (bicyclic) bond motifs is 2. The number of hydrogen-bond donors (Lipinski definition) is 0. The molecular formula is C13H5BrN2OS. The van der Waals surface area contributed by atoms with Crippen LogP contribution in [0.15, 0.2) is 39.6 Å². The summed E-state index contributed by atoms with van der Waals surface area (Å²) in [6.07, 6.45) is 0. The van der Waals surface area contributed by atoms with Gasteiger partial charge in [-0.05, 0) is 30.3 Å². The third-order valence-corrected chi connectivity index (χ3v) is 4.02. The molecular weight excluding hydrogens is 312 g/mol.